The van der Waals surface area contributed by atoms with Crippen LogP contribution in [0.25, 0.3) is 0 Å². The second-order valence-electron chi connectivity index (χ2n) is 6.21. The van der Waals surface area contributed by atoms with E-state index in [2.05, 4.69) is 50.4 Å². The summed E-state index contributed by atoms with van der Waals surface area (Å²) >= 11 is 0. The van der Waals surface area contributed by atoms with Crippen molar-refractivity contribution in [2.45, 2.75) is 51.5 Å². The predicted octanol–water partition coefficient (Wildman–Crippen LogP) is 3.51. The molecule has 1 aliphatic heterocycles. The Labute approximate surface area is 111 Å². The van der Waals surface area contributed by atoms with Gasteiger partial charge in [-0.3, -0.25) is 0 Å². The third-order valence-electron chi connectivity index (χ3n) is 3.60. The van der Waals surface area contributed by atoms with Crippen LogP contribution in [0.2, 0.25) is 0 Å². The van der Waals surface area contributed by atoms with Gasteiger partial charge in [0.25, 0.3) is 0 Å². The maximum absolute atomic E-state index is 5.86. The highest BCUT2D eigenvalue weighted by Gasteiger charge is 2.15. The van der Waals surface area contributed by atoms with Crippen molar-refractivity contribution in [1.29, 1.82) is 0 Å². The Balaban J connectivity index is 1.85. The molecule has 1 aromatic rings. The number of hydrogen-bond acceptors (Lipinski definition) is 2. The van der Waals surface area contributed by atoms with Crippen LogP contribution in [0.3, 0.4) is 0 Å². The normalized spacial score (nSPS) is 20.1. The molecule has 0 spiro atoms. The molecule has 1 saturated heterocycles. The SMILES string of the molecule is CC(C)(C)c1cccc(OCCC2CCCN2)c1. The number of nitrogens with one attached hydrogen (secondary N) is 1. The van der Waals surface area contributed by atoms with Gasteiger partial charge < -0.3 is 10.1 Å². The maximum Gasteiger partial charge on any atom is 0.119 e. The molecule has 1 unspecified atom stereocenters. The summed E-state index contributed by atoms with van der Waals surface area (Å²) < 4.78 is 5.86. The van der Waals surface area contributed by atoms with Crippen molar-refractivity contribution < 1.29 is 4.74 Å². The van der Waals surface area contributed by atoms with Crippen molar-refractivity contribution in [3.05, 3.63) is 29.8 Å². The van der Waals surface area contributed by atoms with Crippen LogP contribution in [0.1, 0.15) is 45.6 Å². The quantitative estimate of drug-likeness (QED) is 0.879. The molecule has 2 heteroatoms. The second kappa shape index (κ2) is 5.75. The first-order valence-corrected chi connectivity index (χ1v) is 7.02. The average Bonchev–Trinajstić information content (AvgIpc) is 2.81. The molecule has 1 aromatic carbocycles. The van der Waals surface area contributed by atoms with Crippen LogP contribution < -0.4 is 10.1 Å². The number of ether oxygens (including phenoxy) is 1. The highest BCUT2D eigenvalue weighted by molar-refractivity contribution is 5.32. The van der Waals surface area contributed by atoms with Gasteiger partial charge in [0.1, 0.15) is 5.75 Å². The van der Waals surface area contributed by atoms with E-state index in [0.717, 1.165) is 18.8 Å². The molecule has 1 heterocycles. The molecular weight excluding hydrogens is 222 g/mol. The predicted molar refractivity (Wildman–Crippen MR) is 76.3 cm³/mol. The molecule has 0 radical (unpaired) electrons. The average molecular weight is 247 g/mol. The standard InChI is InChI=1S/C16H25NO/c1-16(2,3)13-6-4-8-15(12-13)18-11-9-14-7-5-10-17-14/h4,6,8,12,14,17H,5,7,9-11H2,1-3H3. The molecular formula is C16H25NO. The number of rotatable bonds is 4. The first kappa shape index (κ1) is 13.4. The maximum atomic E-state index is 5.86. The molecule has 1 N–H and O–H groups in total. The smallest absolute Gasteiger partial charge is 0.119 e. The monoisotopic (exact) mass is 247 g/mol. The number of hydrogen-bond donors (Lipinski definition) is 1. The van der Waals surface area contributed by atoms with Crippen LogP contribution in [0.5, 0.6) is 5.75 Å². The lowest BCUT2D eigenvalue weighted by atomic mass is 9.87. The Morgan fingerprint density at radius 2 is 2.17 bits per heavy atom. The van der Waals surface area contributed by atoms with E-state index in [1.165, 1.54) is 24.9 Å². The van der Waals surface area contributed by atoms with Crippen molar-refractivity contribution in [1.82, 2.24) is 5.32 Å². The first-order chi connectivity index (χ1) is 8.55. The second-order valence-corrected chi connectivity index (χ2v) is 6.21. The lowest BCUT2D eigenvalue weighted by Gasteiger charge is -2.20. The van der Waals surface area contributed by atoms with Crippen LogP contribution in [-0.4, -0.2) is 19.2 Å². The van der Waals surface area contributed by atoms with Gasteiger partial charge in [-0.1, -0.05) is 32.9 Å². The van der Waals surface area contributed by atoms with E-state index in [1.54, 1.807) is 0 Å². The molecule has 1 fully saturated rings. The van der Waals surface area contributed by atoms with Crippen molar-refractivity contribution in [3.8, 4) is 5.75 Å². The fourth-order valence-electron chi connectivity index (χ4n) is 2.37. The van der Waals surface area contributed by atoms with Crippen LogP contribution in [0.4, 0.5) is 0 Å². The van der Waals surface area contributed by atoms with Crippen LogP contribution >= 0.6 is 0 Å². The summed E-state index contributed by atoms with van der Waals surface area (Å²) in [5.41, 5.74) is 1.52. The summed E-state index contributed by atoms with van der Waals surface area (Å²) in [4.78, 5) is 0. The summed E-state index contributed by atoms with van der Waals surface area (Å²) in [6.07, 6.45) is 3.72. The lowest BCUT2D eigenvalue weighted by Crippen LogP contribution is -2.23. The largest absolute Gasteiger partial charge is 0.494 e. The van der Waals surface area contributed by atoms with Gasteiger partial charge >= 0.3 is 0 Å². The van der Waals surface area contributed by atoms with E-state index in [4.69, 9.17) is 4.74 Å². The molecule has 0 aliphatic carbocycles. The van der Waals surface area contributed by atoms with Gasteiger partial charge in [0.2, 0.25) is 0 Å². The highest BCUT2D eigenvalue weighted by Crippen LogP contribution is 2.25. The minimum atomic E-state index is 0.187. The fraction of sp³-hybridized carbons (Fsp3) is 0.625. The summed E-state index contributed by atoms with van der Waals surface area (Å²) in [7, 11) is 0. The zero-order chi connectivity index (χ0) is 13.0. The lowest BCUT2D eigenvalue weighted by molar-refractivity contribution is 0.291. The zero-order valence-corrected chi connectivity index (χ0v) is 11.8. The molecule has 0 aromatic heterocycles. The van der Waals surface area contributed by atoms with Gasteiger partial charge in [-0.15, -0.1) is 0 Å². The Morgan fingerprint density at radius 1 is 1.33 bits per heavy atom. The Morgan fingerprint density at radius 3 is 2.83 bits per heavy atom. The summed E-state index contributed by atoms with van der Waals surface area (Å²) in [6.45, 7) is 8.67. The van der Waals surface area contributed by atoms with Gasteiger partial charge in [-0.05, 0) is 48.9 Å². The van der Waals surface area contributed by atoms with E-state index in [-0.39, 0.29) is 5.41 Å². The minimum absolute atomic E-state index is 0.187. The van der Waals surface area contributed by atoms with Gasteiger partial charge in [-0.25, -0.2) is 0 Å². The molecule has 18 heavy (non-hydrogen) atoms. The minimum Gasteiger partial charge on any atom is -0.494 e. The van der Waals surface area contributed by atoms with Crippen LogP contribution in [0.15, 0.2) is 24.3 Å². The number of benzene rings is 1. The molecule has 100 valence electrons. The third kappa shape index (κ3) is 3.74. The van der Waals surface area contributed by atoms with Crippen LogP contribution in [-0.2, 0) is 5.41 Å². The molecule has 2 nitrogen and oxygen atoms in total. The molecule has 2 rings (SSSR count). The van der Waals surface area contributed by atoms with Crippen molar-refractivity contribution in [2.24, 2.45) is 0 Å². The fourth-order valence-corrected chi connectivity index (χ4v) is 2.37. The van der Waals surface area contributed by atoms with E-state index < -0.39 is 0 Å². The Bertz CT molecular complexity index is 375. The zero-order valence-electron chi connectivity index (χ0n) is 11.8. The van der Waals surface area contributed by atoms with E-state index in [0.29, 0.717) is 6.04 Å². The van der Waals surface area contributed by atoms with Gasteiger partial charge in [0.05, 0.1) is 6.61 Å². The molecule has 1 atom stereocenters. The molecule has 0 amide bonds. The topological polar surface area (TPSA) is 21.3 Å². The van der Waals surface area contributed by atoms with E-state index >= 15 is 0 Å². The van der Waals surface area contributed by atoms with E-state index in [9.17, 15) is 0 Å². The molecule has 0 bridgehead atoms. The van der Waals surface area contributed by atoms with Crippen LogP contribution in [0, 0.1) is 0 Å². The summed E-state index contributed by atoms with van der Waals surface area (Å²) in [5, 5.41) is 3.50. The Hall–Kier alpha value is -1.02. The molecule has 1 aliphatic rings. The summed E-state index contributed by atoms with van der Waals surface area (Å²) in [5.74, 6) is 1.00. The highest BCUT2D eigenvalue weighted by atomic mass is 16.5. The van der Waals surface area contributed by atoms with Gasteiger partial charge in [0, 0.05) is 6.04 Å². The van der Waals surface area contributed by atoms with Gasteiger partial charge in [-0.2, -0.15) is 0 Å². The first-order valence-electron chi connectivity index (χ1n) is 7.02. The molecule has 0 saturated carbocycles. The summed E-state index contributed by atoms with van der Waals surface area (Å²) in [6, 6.07) is 9.14. The van der Waals surface area contributed by atoms with E-state index in [1.807, 2.05) is 0 Å². The van der Waals surface area contributed by atoms with Crippen molar-refractivity contribution in [2.75, 3.05) is 13.2 Å². The van der Waals surface area contributed by atoms with Gasteiger partial charge in [0.15, 0.2) is 0 Å². The Kier molecular flexibility index (Phi) is 4.28. The van der Waals surface area contributed by atoms with Crippen molar-refractivity contribution in [3.63, 3.8) is 0 Å². The third-order valence-corrected chi connectivity index (χ3v) is 3.60. The van der Waals surface area contributed by atoms with Crippen molar-refractivity contribution >= 4 is 0 Å².